The molecule has 132 valence electrons. The van der Waals surface area contributed by atoms with Crippen LogP contribution in [-0.4, -0.2) is 20.1 Å². The van der Waals surface area contributed by atoms with Gasteiger partial charge in [0.25, 0.3) is 0 Å². The summed E-state index contributed by atoms with van der Waals surface area (Å²) in [6, 6.07) is 7.15. The summed E-state index contributed by atoms with van der Waals surface area (Å²) in [6.07, 6.45) is -4.80. The van der Waals surface area contributed by atoms with Crippen molar-refractivity contribution in [3.63, 3.8) is 0 Å². The normalized spacial score (nSPS) is 13.9. The molecule has 0 unspecified atom stereocenters. The molecule has 0 aliphatic rings. The molecule has 0 radical (unpaired) electrons. The number of rotatable bonds is 6. The summed E-state index contributed by atoms with van der Waals surface area (Å²) in [5, 5.41) is 9.44. The predicted molar refractivity (Wildman–Crippen MR) is 85.3 cm³/mol. The number of thiophene rings is 1. The molecule has 1 aromatic carbocycles. The molecule has 2 N–H and O–H groups in total. The molecule has 0 amide bonds. The van der Waals surface area contributed by atoms with Gasteiger partial charge in [0.15, 0.2) is 0 Å². The molecule has 2 rings (SSSR count). The lowest BCUT2D eigenvalue weighted by molar-refractivity contribution is -0.137. The number of alkyl halides is 3. The van der Waals surface area contributed by atoms with Crippen LogP contribution >= 0.6 is 11.3 Å². The van der Waals surface area contributed by atoms with Crippen LogP contribution in [0.5, 0.6) is 0 Å². The van der Waals surface area contributed by atoms with Crippen molar-refractivity contribution < 1.29 is 26.7 Å². The minimum Gasteiger partial charge on any atom is -0.388 e. The van der Waals surface area contributed by atoms with Gasteiger partial charge in [0.2, 0.25) is 10.0 Å². The number of benzene rings is 1. The van der Waals surface area contributed by atoms with Gasteiger partial charge in [-0.3, -0.25) is 0 Å². The Kier molecular flexibility index (Phi) is 5.69. The second-order valence-corrected chi connectivity index (χ2v) is 8.12. The van der Waals surface area contributed by atoms with Crippen LogP contribution in [0.3, 0.4) is 0 Å². The van der Waals surface area contributed by atoms with Gasteiger partial charge in [0.05, 0.1) is 16.6 Å². The molecule has 1 aromatic heterocycles. The number of sulfonamides is 1. The summed E-state index contributed by atoms with van der Waals surface area (Å²) in [6.45, 7) is 1.68. The van der Waals surface area contributed by atoms with Crippen molar-refractivity contribution in [2.45, 2.75) is 30.5 Å². The number of halogens is 3. The van der Waals surface area contributed by atoms with Crippen molar-refractivity contribution in [3.8, 4) is 0 Å². The first-order valence-electron chi connectivity index (χ1n) is 7.03. The van der Waals surface area contributed by atoms with E-state index in [1.165, 1.54) is 11.3 Å². The zero-order chi connectivity index (χ0) is 18.0. The Morgan fingerprint density at radius 1 is 1.25 bits per heavy atom. The highest BCUT2D eigenvalue weighted by atomic mass is 32.2. The molecule has 0 saturated heterocycles. The maximum Gasteiger partial charge on any atom is 0.416 e. The van der Waals surface area contributed by atoms with Gasteiger partial charge in [-0.1, -0.05) is 6.07 Å². The Labute approximate surface area is 142 Å². The summed E-state index contributed by atoms with van der Waals surface area (Å²) in [5.74, 6) is 0. The van der Waals surface area contributed by atoms with E-state index >= 15 is 0 Å². The van der Waals surface area contributed by atoms with Crippen LogP contribution in [0.25, 0.3) is 0 Å². The lowest BCUT2D eigenvalue weighted by atomic mass is 10.2. The van der Waals surface area contributed by atoms with E-state index in [1.807, 2.05) is 0 Å². The fourth-order valence-corrected chi connectivity index (χ4v) is 4.01. The number of aliphatic hydroxyl groups excluding tert-OH is 1. The van der Waals surface area contributed by atoms with Gasteiger partial charge >= 0.3 is 6.18 Å². The summed E-state index contributed by atoms with van der Waals surface area (Å²) in [7, 11) is -4.02. The highest BCUT2D eigenvalue weighted by molar-refractivity contribution is 7.89. The average Bonchev–Trinajstić information content (AvgIpc) is 2.95. The van der Waals surface area contributed by atoms with Crippen LogP contribution in [-0.2, 0) is 22.6 Å². The van der Waals surface area contributed by atoms with E-state index in [0.29, 0.717) is 12.5 Å². The number of nitrogens with one attached hydrogen (secondary N) is 1. The first-order chi connectivity index (χ1) is 11.1. The second-order valence-electron chi connectivity index (χ2n) is 5.15. The average molecular weight is 379 g/mol. The molecule has 0 saturated carbocycles. The quantitative estimate of drug-likeness (QED) is 0.809. The summed E-state index contributed by atoms with van der Waals surface area (Å²) in [5.41, 5.74) is -1.01. The highest BCUT2D eigenvalue weighted by Gasteiger charge is 2.31. The van der Waals surface area contributed by atoms with Gasteiger partial charge in [-0.15, -0.1) is 11.3 Å². The smallest absolute Gasteiger partial charge is 0.388 e. The summed E-state index contributed by atoms with van der Waals surface area (Å²) in [4.78, 5) is 1.22. The Morgan fingerprint density at radius 3 is 2.54 bits per heavy atom. The van der Waals surface area contributed by atoms with Gasteiger partial charge in [-0.05, 0) is 43.7 Å². The van der Waals surface area contributed by atoms with Crippen molar-refractivity contribution in [1.29, 1.82) is 0 Å². The molecular formula is C15H16F3NO3S2. The van der Waals surface area contributed by atoms with Gasteiger partial charge < -0.3 is 5.11 Å². The van der Waals surface area contributed by atoms with Gasteiger partial charge in [0.1, 0.15) is 0 Å². The van der Waals surface area contributed by atoms with Crippen molar-refractivity contribution in [3.05, 3.63) is 51.7 Å². The minimum absolute atomic E-state index is 0.0539. The second kappa shape index (κ2) is 7.22. The first kappa shape index (κ1) is 18.9. The lowest BCUT2D eigenvalue weighted by Gasteiger charge is -2.10. The van der Waals surface area contributed by atoms with E-state index in [1.54, 1.807) is 19.1 Å². The fourth-order valence-electron chi connectivity index (χ4n) is 1.98. The van der Waals surface area contributed by atoms with E-state index in [9.17, 15) is 26.7 Å². The first-order valence-corrected chi connectivity index (χ1v) is 9.33. The number of hydrogen-bond donors (Lipinski definition) is 2. The van der Waals surface area contributed by atoms with Crippen LogP contribution in [0.15, 0.2) is 41.3 Å². The maximum atomic E-state index is 12.7. The third kappa shape index (κ3) is 4.79. The lowest BCUT2D eigenvalue weighted by Crippen LogP contribution is -2.26. The Bertz CT molecular complexity index is 798. The topological polar surface area (TPSA) is 66.4 Å². The molecule has 0 spiro atoms. The SMILES string of the molecule is C[C@@H](O)c1ccc(CCNS(=O)(=O)c2cccc(C(F)(F)F)c2)s1. The van der Waals surface area contributed by atoms with Crippen LogP contribution in [0.2, 0.25) is 0 Å². The third-order valence-corrected chi connectivity index (χ3v) is 6.00. The minimum atomic E-state index is -4.60. The zero-order valence-electron chi connectivity index (χ0n) is 12.7. The standard InChI is InChI=1S/C15H16F3NO3S2/c1-10(20)14-6-5-12(23-14)7-8-19-24(21,22)13-4-2-3-11(9-13)15(16,17)18/h2-6,9-10,19-20H,7-8H2,1H3/t10-/m1/s1. The van der Waals surface area contributed by atoms with E-state index in [-0.39, 0.29) is 6.54 Å². The molecular weight excluding hydrogens is 363 g/mol. The van der Waals surface area contributed by atoms with Crippen LogP contribution in [0.4, 0.5) is 13.2 Å². The molecule has 4 nitrogen and oxygen atoms in total. The maximum absolute atomic E-state index is 12.7. The van der Waals surface area contributed by atoms with Gasteiger partial charge in [0, 0.05) is 16.3 Å². The largest absolute Gasteiger partial charge is 0.416 e. The Hall–Kier alpha value is -1.42. The number of aliphatic hydroxyl groups is 1. The van der Waals surface area contributed by atoms with Gasteiger partial charge in [-0.25, -0.2) is 13.1 Å². The zero-order valence-corrected chi connectivity index (χ0v) is 14.3. The van der Waals surface area contributed by atoms with E-state index < -0.39 is 32.8 Å². The number of hydrogen-bond acceptors (Lipinski definition) is 4. The van der Waals surface area contributed by atoms with Crippen LogP contribution < -0.4 is 4.72 Å². The molecule has 1 atom stereocenters. The molecule has 0 bridgehead atoms. The Balaban J connectivity index is 2.03. The monoisotopic (exact) mass is 379 g/mol. The van der Waals surface area contributed by atoms with Crippen molar-refractivity contribution >= 4 is 21.4 Å². The van der Waals surface area contributed by atoms with Crippen molar-refractivity contribution in [2.24, 2.45) is 0 Å². The molecule has 1 heterocycles. The molecule has 24 heavy (non-hydrogen) atoms. The highest BCUT2D eigenvalue weighted by Crippen LogP contribution is 2.30. The van der Waals surface area contributed by atoms with Gasteiger partial charge in [-0.2, -0.15) is 13.2 Å². The van der Waals surface area contributed by atoms with E-state index in [4.69, 9.17) is 0 Å². The molecule has 0 fully saturated rings. The van der Waals surface area contributed by atoms with Crippen molar-refractivity contribution in [1.82, 2.24) is 4.72 Å². The van der Waals surface area contributed by atoms with E-state index in [2.05, 4.69) is 4.72 Å². The molecule has 9 heteroatoms. The predicted octanol–water partition coefficient (Wildman–Crippen LogP) is 3.34. The Morgan fingerprint density at radius 2 is 1.96 bits per heavy atom. The third-order valence-electron chi connectivity index (χ3n) is 3.23. The molecule has 0 aliphatic heterocycles. The van der Waals surface area contributed by atoms with E-state index in [0.717, 1.165) is 28.0 Å². The molecule has 0 aliphatic carbocycles. The fraction of sp³-hybridized carbons (Fsp3) is 0.333. The van der Waals surface area contributed by atoms with Crippen LogP contribution in [0, 0.1) is 0 Å². The van der Waals surface area contributed by atoms with Crippen molar-refractivity contribution in [2.75, 3.05) is 6.54 Å². The molecule has 2 aromatic rings. The summed E-state index contributed by atoms with van der Waals surface area (Å²) >= 11 is 1.36. The summed E-state index contributed by atoms with van der Waals surface area (Å²) < 4.78 is 64.5. The van der Waals surface area contributed by atoms with Crippen LogP contribution in [0.1, 0.15) is 28.3 Å².